The lowest BCUT2D eigenvalue weighted by Crippen LogP contribution is -2.25. The summed E-state index contributed by atoms with van der Waals surface area (Å²) < 4.78 is 32.9. The lowest BCUT2D eigenvalue weighted by molar-refractivity contribution is -0.120. The van der Waals surface area contributed by atoms with E-state index in [0.717, 1.165) is 10.1 Å². The molecule has 0 saturated carbocycles. The van der Waals surface area contributed by atoms with Crippen molar-refractivity contribution in [3.8, 4) is 0 Å². The van der Waals surface area contributed by atoms with Gasteiger partial charge in [-0.05, 0) is 46.7 Å². The van der Waals surface area contributed by atoms with Crippen molar-refractivity contribution in [3.63, 3.8) is 0 Å². The number of fused-ring (bicyclic) bond motifs is 1. The van der Waals surface area contributed by atoms with Crippen LogP contribution in [0.4, 0.5) is 4.39 Å². The van der Waals surface area contributed by atoms with Crippen molar-refractivity contribution in [1.29, 1.82) is 0 Å². The molecule has 2 unspecified atom stereocenters. The van der Waals surface area contributed by atoms with Crippen LogP contribution >= 0.6 is 30.3 Å². The Balaban J connectivity index is 1.94. The number of benzene rings is 2. The maximum Gasteiger partial charge on any atom is 0.241 e. The first-order valence-electron chi connectivity index (χ1n) is 8.34. The van der Waals surface area contributed by atoms with E-state index in [4.69, 9.17) is 16.1 Å². The molecule has 8 heteroatoms. The van der Waals surface area contributed by atoms with Crippen molar-refractivity contribution in [2.24, 2.45) is 0 Å². The van der Waals surface area contributed by atoms with E-state index in [9.17, 15) is 13.8 Å². The molecular formula is C20H18ClFNO3PS. The molecule has 0 aliphatic heterocycles. The molecular weight excluding hydrogens is 420 g/mol. The fourth-order valence-corrected chi connectivity index (χ4v) is 5.52. The van der Waals surface area contributed by atoms with Crippen LogP contribution in [0.25, 0.3) is 16.2 Å². The average Bonchev–Trinajstić information content (AvgIpc) is 3.06. The van der Waals surface area contributed by atoms with Crippen molar-refractivity contribution in [1.82, 2.24) is 5.32 Å². The van der Waals surface area contributed by atoms with Gasteiger partial charge in [0, 0.05) is 35.3 Å². The number of carbonyl (C=O) groups excluding carboxylic acids is 1. The van der Waals surface area contributed by atoms with E-state index in [1.165, 1.54) is 43.5 Å². The third-order valence-corrected chi connectivity index (χ3v) is 7.73. The lowest BCUT2D eigenvalue weighted by atomic mass is 10.1. The highest BCUT2D eigenvalue weighted by molar-refractivity contribution is 7.59. The number of thiophene rings is 1. The molecule has 0 spiro atoms. The van der Waals surface area contributed by atoms with Crippen LogP contribution in [-0.2, 0) is 13.9 Å². The predicted molar refractivity (Wildman–Crippen MR) is 114 cm³/mol. The van der Waals surface area contributed by atoms with Gasteiger partial charge in [-0.1, -0.05) is 29.8 Å². The summed E-state index contributed by atoms with van der Waals surface area (Å²) in [7, 11) is -2.01. The smallest absolute Gasteiger partial charge is 0.241 e. The minimum absolute atomic E-state index is 0.332. The van der Waals surface area contributed by atoms with Crippen LogP contribution < -0.4 is 5.32 Å². The number of amides is 1. The van der Waals surface area contributed by atoms with Crippen molar-refractivity contribution in [2.75, 3.05) is 13.8 Å². The normalized spacial score (nSPS) is 14.9. The molecule has 3 rings (SSSR count). The first kappa shape index (κ1) is 20.7. The van der Waals surface area contributed by atoms with Crippen LogP contribution in [0, 0.1) is 5.82 Å². The van der Waals surface area contributed by atoms with Crippen molar-refractivity contribution >= 4 is 52.4 Å². The predicted octanol–water partition coefficient (Wildman–Crippen LogP) is 6.08. The molecule has 2 atom stereocenters. The summed E-state index contributed by atoms with van der Waals surface area (Å²) in [5.74, 6) is -0.902. The molecule has 2 aromatic carbocycles. The zero-order valence-corrected chi connectivity index (χ0v) is 17.7. The van der Waals surface area contributed by atoms with Crippen molar-refractivity contribution in [3.05, 3.63) is 76.0 Å². The Kier molecular flexibility index (Phi) is 6.36. The zero-order chi connectivity index (χ0) is 20.3. The molecule has 1 amide bonds. The lowest BCUT2D eigenvalue weighted by Gasteiger charge is -2.21. The summed E-state index contributed by atoms with van der Waals surface area (Å²) in [4.78, 5) is 12.9. The molecule has 0 aliphatic carbocycles. The molecule has 0 saturated heterocycles. The maximum absolute atomic E-state index is 13.7. The molecule has 3 aromatic rings. The summed E-state index contributed by atoms with van der Waals surface area (Å²) in [6.45, 7) is 1.42. The van der Waals surface area contributed by atoms with Gasteiger partial charge < -0.3 is 9.84 Å². The largest absolute Gasteiger partial charge is 0.332 e. The SMILES string of the molecule is COP(C)(=O)C(C(=O)N/C=C/c1ccccc1F)c1csc2ccc(Cl)cc12. The minimum atomic E-state index is -3.33. The summed E-state index contributed by atoms with van der Waals surface area (Å²) in [6.07, 6.45) is 2.78. The van der Waals surface area contributed by atoms with Crippen LogP contribution in [0.3, 0.4) is 0 Å². The van der Waals surface area contributed by atoms with Gasteiger partial charge >= 0.3 is 0 Å². The second-order valence-electron chi connectivity index (χ2n) is 6.19. The molecule has 1 aromatic heterocycles. The number of nitrogens with one attached hydrogen (secondary N) is 1. The Labute approximate surface area is 171 Å². The fraction of sp³-hybridized carbons (Fsp3) is 0.150. The van der Waals surface area contributed by atoms with Gasteiger partial charge in [-0.2, -0.15) is 0 Å². The highest BCUT2D eigenvalue weighted by atomic mass is 35.5. The van der Waals surface area contributed by atoms with E-state index in [1.807, 2.05) is 6.07 Å². The molecule has 1 heterocycles. The maximum atomic E-state index is 13.7. The van der Waals surface area contributed by atoms with E-state index in [-0.39, 0.29) is 0 Å². The molecule has 146 valence electrons. The molecule has 0 aliphatic rings. The second kappa shape index (κ2) is 8.58. The first-order chi connectivity index (χ1) is 13.3. The van der Waals surface area contributed by atoms with Gasteiger partial charge in [0.15, 0.2) is 0 Å². The standard InChI is InChI=1S/C20H18ClFNO3PS/c1-26-27(2,25)19(16-12-28-18-8-7-14(21)11-15(16)18)20(24)23-10-9-13-5-3-4-6-17(13)22/h3-12,19H,1-2H3,(H,23,24)/b10-9+. The Bertz CT molecular complexity index is 1100. The van der Waals surface area contributed by atoms with Gasteiger partial charge in [0.2, 0.25) is 13.3 Å². The topological polar surface area (TPSA) is 55.4 Å². The molecule has 0 radical (unpaired) electrons. The molecule has 4 nitrogen and oxygen atoms in total. The number of hydrogen-bond donors (Lipinski definition) is 1. The molecule has 0 bridgehead atoms. The Morgan fingerprint density at radius 3 is 2.79 bits per heavy atom. The number of halogens is 2. The van der Waals surface area contributed by atoms with Crippen LogP contribution in [0.2, 0.25) is 5.02 Å². The minimum Gasteiger partial charge on any atom is -0.332 e. The summed E-state index contributed by atoms with van der Waals surface area (Å²) in [5.41, 5.74) is -0.0968. The number of carbonyl (C=O) groups is 1. The van der Waals surface area contributed by atoms with Crippen LogP contribution in [0.5, 0.6) is 0 Å². The second-order valence-corrected chi connectivity index (χ2v) is 10.2. The zero-order valence-electron chi connectivity index (χ0n) is 15.2. The van der Waals surface area contributed by atoms with Gasteiger partial charge in [0.05, 0.1) is 0 Å². The third-order valence-electron chi connectivity index (χ3n) is 4.33. The highest BCUT2D eigenvalue weighted by Crippen LogP contribution is 2.58. The van der Waals surface area contributed by atoms with Gasteiger partial charge in [-0.25, -0.2) is 4.39 Å². The van der Waals surface area contributed by atoms with Crippen molar-refractivity contribution in [2.45, 2.75) is 5.66 Å². The van der Waals surface area contributed by atoms with E-state index in [1.54, 1.807) is 35.7 Å². The molecule has 1 N–H and O–H groups in total. The first-order valence-corrected chi connectivity index (χ1v) is 11.7. The summed E-state index contributed by atoms with van der Waals surface area (Å²) in [5, 5.41) is 5.67. The Morgan fingerprint density at radius 2 is 2.07 bits per heavy atom. The summed E-state index contributed by atoms with van der Waals surface area (Å²) >= 11 is 7.54. The highest BCUT2D eigenvalue weighted by Gasteiger charge is 2.37. The van der Waals surface area contributed by atoms with Gasteiger partial charge in [0.1, 0.15) is 11.5 Å². The third kappa shape index (κ3) is 4.36. The number of hydrogen-bond acceptors (Lipinski definition) is 4. The number of rotatable bonds is 6. The van der Waals surface area contributed by atoms with E-state index >= 15 is 0 Å². The average molecular weight is 438 g/mol. The Morgan fingerprint density at radius 1 is 1.32 bits per heavy atom. The van der Waals surface area contributed by atoms with Gasteiger partial charge in [0.25, 0.3) is 0 Å². The van der Waals surface area contributed by atoms with E-state index in [2.05, 4.69) is 5.32 Å². The fourth-order valence-electron chi connectivity index (χ4n) is 2.85. The van der Waals surface area contributed by atoms with Crippen LogP contribution in [0.1, 0.15) is 16.8 Å². The van der Waals surface area contributed by atoms with Crippen LogP contribution in [0.15, 0.2) is 54.0 Å². The molecule has 0 fully saturated rings. The van der Waals surface area contributed by atoms with Gasteiger partial charge in [-0.15, -0.1) is 11.3 Å². The van der Waals surface area contributed by atoms with E-state index < -0.39 is 24.8 Å². The van der Waals surface area contributed by atoms with E-state index in [0.29, 0.717) is 16.1 Å². The van der Waals surface area contributed by atoms with Crippen molar-refractivity contribution < 1.29 is 18.3 Å². The molecule has 28 heavy (non-hydrogen) atoms. The van der Waals surface area contributed by atoms with Crippen LogP contribution in [-0.4, -0.2) is 19.7 Å². The monoisotopic (exact) mass is 437 g/mol. The van der Waals surface area contributed by atoms with Gasteiger partial charge in [-0.3, -0.25) is 9.36 Å². The quantitative estimate of drug-likeness (QED) is 0.476. The Hall–Kier alpha value is -1.98. The summed E-state index contributed by atoms with van der Waals surface area (Å²) in [6, 6.07) is 11.6.